The highest BCUT2D eigenvalue weighted by molar-refractivity contribution is 6.67. The molecule has 0 aliphatic rings. The number of rotatable bonds is 4. The van der Waals surface area contributed by atoms with Gasteiger partial charge in [0.15, 0.2) is 0 Å². The molecule has 26 heavy (non-hydrogen) atoms. The second-order valence-electron chi connectivity index (χ2n) is 10.4. The van der Waals surface area contributed by atoms with Crippen molar-refractivity contribution in [2.75, 3.05) is 0 Å². The van der Waals surface area contributed by atoms with Gasteiger partial charge in [-0.05, 0) is 26.6 Å². The highest BCUT2D eigenvalue weighted by atomic mass is 16.1. The molecule has 0 aromatic heterocycles. The molecule has 0 unspecified atom stereocenters. The molecule has 9 heteroatoms. The average molecular weight is 344 g/mol. The molecular formula is C17H34B7NO. The first kappa shape index (κ1) is 23.3. The minimum atomic E-state index is -0.639. The van der Waals surface area contributed by atoms with Crippen LogP contribution in [0.5, 0.6) is 0 Å². The van der Waals surface area contributed by atoms with Gasteiger partial charge >= 0.3 is 0 Å². The van der Waals surface area contributed by atoms with Gasteiger partial charge < -0.3 is 5.32 Å². The summed E-state index contributed by atoms with van der Waals surface area (Å²) in [6, 6.07) is 0. The summed E-state index contributed by atoms with van der Waals surface area (Å²) in [5.74, 6) is 0.341. The van der Waals surface area contributed by atoms with E-state index in [2.05, 4.69) is 81.0 Å². The van der Waals surface area contributed by atoms with Crippen molar-refractivity contribution >= 4 is 88.0 Å². The van der Waals surface area contributed by atoms with E-state index in [-0.39, 0.29) is 17.1 Å². The molecule has 0 radical (unpaired) electrons. The van der Waals surface area contributed by atoms with Crippen LogP contribution in [-0.2, 0) is 4.79 Å². The second kappa shape index (κ2) is 7.38. The van der Waals surface area contributed by atoms with Crippen LogP contribution in [0.25, 0.3) is 0 Å². The van der Waals surface area contributed by atoms with E-state index in [1.165, 1.54) is 32.9 Å². The van der Waals surface area contributed by atoms with Crippen LogP contribution < -0.4 is 32.6 Å². The third kappa shape index (κ3) is 4.40. The smallest absolute Gasteiger partial charge is 0.149 e. The van der Waals surface area contributed by atoms with Crippen LogP contribution >= 0.6 is 0 Å². The molecule has 0 saturated carbocycles. The third-order valence-corrected chi connectivity index (χ3v) is 6.14. The number of carbonyl (C=O) groups excluding carboxylic acids is 1. The van der Waals surface area contributed by atoms with Crippen molar-refractivity contribution in [3.05, 3.63) is 5.56 Å². The van der Waals surface area contributed by atoms with Gasteiger partial charge in [-0.15, -0.1) is 16.4 Å². The van der Waals surface area contributed by atoms with E-state index in [0.29, 0.717) is 0 Å². The number of benzene rings is 1. The summed E-state index contributed by atoms with van der Waals surface area (Å²) in [6.45, 7) is 12.5. The van der Waals surface area contributed by atoms with Gasteiger partial charge in [0.25, 0.3) is 0 Å². The first-order valence-corrected chi connectivity index (χ1v) is 9.86. The van der Waals surface area contributed by atoms with Crippen LogP contribution in [0.3, 0.4) is 0 Å². The first-order valence-electron chi connectivity index (χ1n) is 9.86. The molecule has 1 aromatic carbocycles. The number of carbonyl (C=O) groups is 1. The quantitative estimate of drug-likeness (QED) is 0.551. The second-order valence-corrected chi connectivity index (χ2v) is 10.4. The van der Waals surface area contributed by atoms with Crippen LogP contribution in [0.4, 0.5) is 0 Å². The summed E-state index contributed by atoms with van der Waals surface area (Å²) in [5, 5.41) is 3.70. The Kier molecular flexibility index (Phi) is 6.62. The lowest BCUT2D eigenvalue weighted by molar-refractivity contribution is -0.130. The van der Waals surface area contributed by atoms with Gasteiger partial charge in [0, 0.05) is 16.4 Å². The molecule has 0 saturated heterocycles. The highest BCUT2D eigenvalue weighted by Crippen LogP contribution is 2.31. The molecule has 0 spiro atoms. The summed E-state index contributed by atoms with van der Waals surface area (Å²) in [5.41, 5.74) is 6.82. The monoisotopic (exact) mass is 345 g/mol. The maximum Gasteiger partial charge on any atom is 0.149 e. The lowest BCUT2D eigenvalue weighted by atomic mass is 9.48. The number of Topliss-reactive ketones (excluding diaryl/α,β-unsaturated/α-hetero) is 1. The van der Waals surface area contributed by atoms with Crippen molar-refractivity contribution in [2.24, 2.45) is 5.41 Å². The summed E-state index contributed by atoms with van der Waals surface area (Å²) >= 11 is 0. The zero-order valence-corrected chi connectivity index (χ0v) is 19.5. The fourth-order valence-corrected chi connectivity index (χ4v) is 4.39. The molecule has 0 fully saturated rings. The largest absolute Gasteiger partial charge is 0.307 e. The van der Waals surface area contributed by atoms with Gasteiger partial charge in [-0.1, -0.05) is 37.3 Å². The topological polar surface area (TPSA) is 29.1 Å². The molecule has 0 aliphatic carbocycles. The summed E-state index contributed by atoms with van der Waals surface area (Å²) in [6.07, 6.45) is 0. The van der Waals surface area contributed by atoms with Gasteiger partial charge in [-0.3, -0.25) is 4.79 Å². The van der Waals surface area contributed by atoms with Crippen molar-refractivity contribution in [1.82, 2.24) is 5.32 Å². The van der Waals surface area contributed by atoms with E-state index in [0.717, 1.165) is 0 Å². The number of nitrogens with one attached hydrogen (secondary N) is 1. The Hall–Kier alpha value is -0.695. The minimum Gasteiger partial charge on any atom is -0.307 e. The Morgan fingerprint density at radius 1 is 0.808 bits per heavy atom. The SMILES string of the molecule is Bc1c(B)c(B)c([C@H](B)[C@](B)(NC(C)(C)C)C(=O)C(C)(C)C)c(B)c1B. The Balaban J connectivity index is 3.73. The molecule has 2 nitrogen and oxygen atoms in total. The first-order chi connectivity index (χ1) is 11.4. The van der Waals surface area contributed by atoms with Crippen LogP contribution in [0.1, 0.15) is 52.9 Å². The van der Waals surface area contributed by atoms with Crippen LogP contribution in [-0.4, -0.2) is 71.7 Å². The maximum atomic E-state index is 13.6. The third-order valence-electron chi connectivity index (χ3n) is 6.14. The van der Waals surface area contributed by atoms with Gasteiger partial charge in [0.2, 0.25) is 0 Å². The molecule has 1 aromatic rings. The Labute approximate surface area is 167 Å². The Bertz CT molecular complexity index is 692. The lowest BCUT2D eigenvalue weighted by Crippen LogP contribution is -2.67. The molecule has 0 heterocycles. The van der Waals surface area contributed by atoms with Crippen LogP contribution in [0, 0.1) is 5.41 Å². The van der Waals surface area contributed by atoms with Gasteiger partial charge in [0.1, 0.15) is 60.7 Å². The van der Waals surface area contributed by atoms with E-state index >= 15 is 0 Å². The summed E-state index contributed by atoms with van der Waals surface area (Å²) in [4.78, 5) is 13.6. The molecule has 1 rings (SSSR count). The molecule has 0 aliphatic heterocycles. The Morgan fingerprint density at radius 3 is 1.46 bits per heavy atom. The van der Waals surface area contributed by atoms with E-state index in [4.69, 9.17) is 0 Å². The van der Waals surface area contributed by atoms with Crippen molar-refractivity contribution in [1.29, 1.82) is 0 Å². The fraction of sp³-hybridized carbons (Fsp3) is 0.588. The number of ketones is 1. The van der Waals surface area contributed by atoms with Crippen molar-refractivity contribution in [2.45, 2.75) is 58.3 Å². The summed E-state index contributed by atoms with van der Waals surface area (Å²) in [7, 11) is 15.3. The zero-order valence-electron chi connectivity index (χ0n) is 19.5. The van der Waals surface area contributed by atoms with Crippen molar-refractivity contribution in [3.63, 3.8) is 0 Å². The zero-order chi connectivity index (χ0) is 20.8. The van der Waals surface area contributed by atoms with Crippen LogP contribution in [0.2, 0.25) is 0 Å². The molecule has 0 amide bonds. The molecule has 2 atom stereocenters. The molecule has 134 valence electrons. The van der Waals surface area contributed by atoms with E-state index in [1.807, 2.05) is 20.8 Å². The maximum absolute atomic E-state index is 13.6. The van der Waals surface area contributed by atoms with Crippen LogP contribution in [0.15, 0.2) is 0 Å². The lowest BCUT2D eigenvalue weighted by Gasteiger charge is -2.46. The van der Waals surface area contributed by atoms with E-state index < -0.39 is 10.9 Å². The number of hydrogen-bond donors (Lipinski definition) is 1. The molecule has 0 bridgehead atoms. The molecule has 1 N–H and O–H groups in total. The molecular weight excluding hydrogens is 310 g/mol. The predicted octanol–water partition coefficient (Wildman–Crippen LogP) is -7.01. The van der Waals surface area contributed by atoms with Gasteiger partial charge in [0.05, 0.1) is 0 Å². The number of hydrogen-bond acceptors (Lipinski definition) is 2. The fourth-order valence-electron chi connectivity index (χ4n) is 4.39. The summed E-state index contributed by atoms with van der Waals surface area (Å²) < 4.78 is 0. The van der Waals surface area contributed by atoms with Crippen molar-refractivity contribution < 1.29 is 4.79 Å². The highest BCUT2D eigenvalue weighted by Gasteiger charge is 2.46. The van der Waals surface area contributed by atoms with Crippen molar-refractivity contribution in [3.8, 4) is 0 Å². The van der Waals surface area contributed by atoms with E-state index in [1.54, 1.807) is 0 Å². The predicted molar refractivity (Wildman–Crippen MR) is 137 cm³/mol. The van der Waals surface area contributed by atoms with E-state index in [9.17, 15) is 4.79 Å². The average Bonchev–Trinajstić information content (AvgIpc) is 2.47. The Morgan fingerprint density at radius 2 is 1.15 bits per heavy atom. The normalized spacial score (nSPS) is 16.1. The standard InChI is InChI=1S/C17H34B7NO/c1-15(2,3)14(26)17(24,25-16(4,5)6)13(23)7-8(18)10(20)12(22)11(21)9(7)19/h13,25H,18-24H2,1-6H3/t13-,17-/m0/s1. The van der Waals surface area contributed by atoms with Gasteiger partial charge in [-0.2, -0.15) is 0 Å². The van der Waals surface area contributed by atoms with Gasteiger partial charge in [-0.25, -0.2) is 0 Å². The minimum absolute atomic E-state index is 0.0754.